The zero-order chi connectivity index (χ0) is 10.7. The molecule has 3 nitrogen and oxygen atoms in total. The molecule has 1 fully saturated rings. The maximum atomic E-state index is 11.1. The van der Waals surface area contributed by atoms with Gasteiger partial charge in [0.15, 0.2) is 5.78 Å². The molecule has 3 heteroatoms. The second-order valence-electron chi connectivity index (χ2n) is 3.61. The van der Waals surface area contributed by atoms with Crippen LogP contribution in [-0.4, -0.2) is 25.6 Å². The molecule has 1 unspecified atom stereocenters. The summed E-state index contributed by atoms with van der Waals surface area (Å²) in [5.41, 5.74) is 1.80. The monoisotopic (exact) mass is 206 g/mol. The molecule has 1 aromatic carbocycles. The molecule has 1 saturated heterocycles. The van der Waals surface area contributed by atoms with E-state index in [1.54, 1.807) is 6.92 Å². The van der Waals surface area contributed by atoms with Crippen molar-refractivity contribution in [3.8, 4) is 0 Å². The Balaban J connectivity index is 2.11. The Morgan fingerprint density at radius 3 is 2.53 bits per heavy atom. The van der Waals surface area contributed by atoms with Crippen LogP contribution in [0.4, 0.5) is 0 Å². The molecule has 1 atom stereocenters. The highest BCUT2D eigenvalue weighted by Gasteiger charge is 2.16. The van der Waals surface area contributed by atoms with Crippen molar-refractivity contribution in [1.82, 2.24) is 0 Å². The lowest BCUT2D eigenvalue weighted by molar-refractivity contribution is -0.0901. The van der Waals surface area contributed by atoms with Crippen LogP contribution in [0.1, 0.15) is 28.9 Å². The number of rotatable bonds is 2. The fraction of sp³-hybridized carbons (Fsp3) is 0.417. The molecule has 0 amide bonds. The molecule has 0 bridgehead atoms. The van der Waals surface area contributed by atoms with E-state index in [0.29, 0.717) is 19.8 Å². The average Bonchev–Trinajstić information content (AvgIpc) is 2.30. The second kappa shape index (κ2) is 4.55. The largest absolute Gasteiger partial charge is 0.376 e. The van der Waals surface area contributed by atoms with Crippen molar-refractivity contribution in [1.29, 1.82) is 0 Å². The topological polar surface area (TPSA) is 35.5 Å². The molecule has 0 aromatic heterocycles. The van der Waals surface area contributed by atoms with E-state index >= 15 is 0 Å². The lowest BCUT2D eigenvalue weighted by atomic mass is 10.1. The van der Waals surface area contributed by atoms with Gasteiger partial charge in [-0.15, -0.1) is 0 Å². The molecule has 80 valence electrons. The van der Waals surface area contributed by atoms with Crippen molar-refractivity contribution < 1.29 is 14.3 Å². The zero-order valence-corrected chi connectivity index (χ0v) is 8.73. The lowest BCUT2D eigenvalue weighted by Gasteiger charge is -2.23. The Kier molecular flexibility index (Phi) is 3.14. The SMILES string of the molecule is CC(=O)c1ccc(C2COCCO2)cc1. The van der Waals surface area contributed by atoms with Gasteiger partial charge in [0.2, 0.25) is 0 Å². The molecule has 1 aliphatic rings. The number of carbonyl (C=O) groups excluding carboxylic acids is 1. The van der Waals surface area contributed by atoms with E-state index in [1.165, 1.54) is 0 Å². The van der Waals surface area contributed by atoms with Gasteiger partial charge in [-0.25, -0.2) is 0 Å². The summed E-state index contributed by atoms with van der Waals surface area (Å²) in [6, 6.07) is 7.51. The summed E-state index contributed by atoms with van der Waals surface area (Å²) in [6.45, 7) is 3.47. The predicted octanol–water partition coefficient (Wildman–Crippen LogP) is 1.98. The first kappa shape index (κ1) is 10.3. The van der Waals surface area contributed by atoms with Gasteiger partial charge < -0.3 is 9.47 Å². The van der Waals surface area contributed by atoms with E-state index in [2.05, 4.69) is 0 Å². The number of ether oxygens (including phenoxy) is 2. The number of hydrogen-bond acceptors (Lipinski definition) is 3. The highest BCUT2D eigenvalue weighted by atomic mass is 16.6. The van der Waals surface area contributed by atoms with E-state index in [4.69, 9.17) is 9.47 Å². The fourth-order valence-electron chi connectivity index (χ4n) is 1.61. The van der Waals surface area contributed by atoms with Crippen LogP contribution < -0.4 is 0 Å². The molecule has 0 N–H and O–H groups in total. The van der Waals surface area contributed by atoms with E-state index in [0.717, 1.165) is 11.1 Å². The number of benzene rings is 1. The van der Waals surface area contributed by atoms with Crippen molar-refractivity contribution in [2.75, 3.05) is 19.8 Å². The molecule has 1 heterocycles. The maximum Gasteiger partial charge on any atom is 0.159 e. The fourth-order valence-corrected chi connectivity index (χ4v) is 1.61. The summed E-state index contributed by atoms with van der Waals surface area (Å²) in [4.78, 5) is 11.1. The van der Waals surface area contributed by atoms with Crippen LogP contribution in [-0.2, 0) is 9.47 Å². The van der Waals surface area contributed by atoms with Crippen LogP contribution in [0.25, 0.3) is 0 Å². The third kappa shape index (κ3) is 2.43. The van der Waals surface area contributed by atoms with Crippen LogP contribution in [0.3, 0.4) is 0 Å². The maximum absolute atomic E-state index is 11.1. The molecule has 1 aliphatic heterocycles. The lowest BCUT2D eigenvalue weighted by Crippen LogP contribution is -2.21. The van der Waals surface area contributed by atoms with E-state index in [-0.39, 0.29) is 11.9 Å². The minimum atomic E-state index is 0.0137. The Bertz CT molecular complexity index is 336. The van der Waals surface area contributed by atoms with Crippen molar-refractivity contribution >= 4 is 5.78 Å². The summed E-state index contributed by atoms with van der Waals surface area (Å²) < 4.78 is 10.9. The van der Waals surface area contributed by atoms with Crippen LogP contribution >= 0.6 is 0 Å². The van der Waals surface area contributed by atoms with E-state index < -0.39 is 0 Å². The number of Topliss-reactive ketones (excluding diaryl/α,β-unsaturated/α-hetero) is 1. The molecule has 0 radical (unpaired) electrons. The standard InChI is InChI=1S/C12H14O3/c1-9(13)10-2-4-11(5-3-10)12-8-14-6-7-15-12/h2-5,12H,6-8H2,1H3. The number of carbonyl (C=O) groups is 1. The average molecular weight is 206 g/mol. The summed E-state index contributed by atoms with van der Waals surface area (Å²) in [7, 11) is 0. The van der Waals surface area contributed by atoms with Crippen LogP contribution in [0.5, 0.6) is 0 Å². The first-order valence-electron chi connectivity index (χ1n) is 5.07. The Morgan fingerprint density at radius 1 is 1.27 bits per heavy atom. The van der Waals surface area contributed by atoms with Gasteiger partial charge in [-0.1, -0.05) is 24.3 Å². The van der Waals surface area contributed by atoms with Gasteiger partial charge in [-0.05, 0) is 12.5 Å². The van der Waals surface area contributed by atoms with Gasteiger partial charge in [0.1, 0.15) is 6.10 Å². The summed E-state index contributed by atoms with van der Waals surface area (Å²) in [5.74, 6) is 0.0855. The second-order valence-corrected chi connectivity index (χ2v) is 3.61. The third-order valence-corrected chi connectivity index (χ3v) is 2.50. The predicted molar refractivity (Wildman–Crippen MR) is 56.0 cm³/mol. The van der Waals surface area contributed by atoms with Gasteiger partial charge in [0.25, 0.3) is 0 Å². The van der Waals surface area contributed by atoms with Gasteiger partial charge in [-0.2, -0.15) is 0 Å². The van der Waals surface area contributed by atoms with Crippen molar-refractivity contribution in [2.24, 2.45) is 0 Å². The highest BCUT2D eigenvalue weighted by Crippen LogP contribution is 2.20. The smallest absolute Gasteiger partial charge is 0.159 e. The first-order chi connectivity index (χ1) is 7.27. The van der Waals surface area contributed by atoms with Gasteiger partial charge in [0.05, 0.1) is 19.8 Å². The minimum absolute atomic E-state index is 0.0137. The molecular weight excluding hydrogens is 192 g/mol. The summed E-state index contributed by atoms with van der Waals surface area (Å²) >= 11 is 0. The number of hydrogen-bond donors (Lipinski definition) is 0. The normalized spacial score (nSPS) is 21.3. The minimum Gasteiger partial charge on any atom is -0.376 e. The van der Waals surface area contributed by atoms with Crippen molar-refractivity contribution in [2.45, 2.75) is 13.0 Å². The third-order valence-electron chi connectivity index (χ3n) is 2.50. The van der Waals surface area contributed by atoms with Crippen LogP contribution in [0, 0.1) is 0 Å². The molecule has 1 aromatic rings. The zero-order valence-electron chi connectivity index (χ0n) is 8.73. The summed E-state index contributed by atoms with van der Waals surface area (Å²) in [6.07, 6.45) is 0.0137. The molecule has 0 spiro atoms. The quantitative estimate of drug-likeness (QED) is 0.694. The van der Waals surface area contributed by atoms with Gasteiger partial charge in [0, 0.05) is 5.56 Å². The molecule has 0 aliphatic carbocycles. The van der Waals surface area contributed by atoms with E-state index in [9.17, 15) is 4.79 Å². The number of ketones is 1. The van der Waals surface area contributed by atoms with Gasteiger partial charge >= 0.3 is 0 Å². The van der Waals surface area contributed by atoms with Crippen LogP contribution in [0.15, 0.2) is 24.3 Å². The molecule has 2 rings (SSSR count). The Morgan fingerprint density at radius 2 is 2.00 bits per heavy atom. The highest BCUT2D eigenvalue weighted by molar-refractivity contribution is 5.94. The molecule has 15 heavy (non-hydrogen) atoms. The van der Waals surface area contributed by atoms with Crippen molar-refractivity contribution in [3.05, 3.63) is 35.4 Å². The van der Waals surface area contributed by atoms with E-state index in [1.807, 2.05) is 24.3 Å². The summed E-state index contributed by atoms with van der Waals surface area (Å²) in [5, 5.41) is 0. The molecule has 0 saturated carbocycles. The Hall–Kier alpha value is -1.19. The Labute approximate surface area is 89.0 Å². The molecular formula is C12H14O3. The van der Waals surface area contributed by atoms with Crippen LogP contribution in [0.2, 0.25) is 0 Å². The first-order valence-corrected chi connectivity index (χ1v) is 5.07. The van der Waals surface area contributed by atoms with Crippen molar-refractivity contribution in [3.63, 3.8) is 0 Å². The van der Waals surface area contributed by atoms with Gasteiger partial charge in [-0.3, -0.25) is 4.79 Å².